The summed E-state index contributed by atoms with van der Waals surface area (Å²) in [6.07, 6.45) is 5.23. The summed E-state index contributed by atoms with van der Waals surface area (Å²) in [5, 5.41) is 0. The van der Waals surface area contributed by atoms with Crippen LogP contribution in [0, 0.1) is 5.92 Å². The van der Waals surface area contributed by atoms with Crippen LogP contribution in [0.5, 0.6) is 11.5 Å². The van der Waals surface area contributed by atoms with Crippen LogP contribution in [0.15, 0.2) is 18.2 Å². The third-order valence-electron chi connectivity index (χ3n) is 5.75. The van der Waals surface area contributed by atoms with Crippen molar-refractivity contribution in [1.82, 2.24) is 4.90 Å². The zero-order chi connectivity index (χ0) is 18.6. The molecule has 6 nitrogen and oxygen atoms in total. The van der Waals surface area contributed by atoms with Gasteiger partial charge in [0.1, 0.15) is 13.2 Å². The largest absolute Gasteiger partial charge is 0.486 e. The Morgan fingerprint density at radius 2 is 1.78 bits per heavy atom. The first-order chi connectivity index (χ1) is 13.2. The molecule has 3 heterocycles. The number of piperidine rings is 1. The molecule has 27 heavy (non-hydrogen) atoms. The number of fused-ring (bicyclic) bond motifs is 1. The summed E-state index contributed by atoms with van der Waals surface area (Å²) < 4.78 is 16.7. The van der Waals surface area contributed by atoms with Gasteiger partial charge in [-0.05, 0) is 50.3 Å². The number of likely N-dealkylation sites (tertiary alicyclic amines) is 1. The highest BCUT2D eigenvalue weighted by atomic mass is 16.6. The molecule has 6 heteroatoms. The lowest BCUT2D eigenvalue weighted by Crippen LogP contribution is -2.40. The molecule has 2 saturated heterocycles. The first-order valence-electron chi connectivity index (χ1n) is 10.0. The van der Waals surface area contributed by atoms with E-state index in [-0.39, 0.29) is 23.7 Å². The summed E-state index contributed by atoms with van der Waals surface area (Å²) in [5.41, 5.74) is 0.669. The topological polar surface area (TPSA) is 65.1 Å². The molecule has 0 aliphatic carbocycles. The summed E-state index contributed by atoms with van der Waals surface area (Å²) in [6, 6.07) is 5.41. The second-order valence-corrected chi connectivity index (χ2v) is 7.55. The smallest absolute Gasteiger partial charge is 0.222 e. The Morgan fingerprint density at radius 3 is 2.52 bits per heavy atom. The third-order valence-corrected chi connectivity index (χ3v) is 5.75. The van der Waals surface area contributed by atoms with Crippen LogP contribution in [0.1, 0.15) is 48.9 Å². The van der Waals surface area contributed by atoms with Crippen molar-refractivity contribution in [1.29, 1.82) is 0 Å². The summed E-state index contributed by atoms with van der Waals surface area (Å²) >= 11 is 0. The fourth-order valence-corrected chi connectivity index (χ4v) is 4.14. The van der Waals surface area contributed by atoms with E-state index in [1.54, 1.807) is 6.07 Å². The molecule has 1 aromatic carbocycles. The van der Waals surface area contributed by atoms with E-state index in [1.165, 1.54) is 0 Å². The van der Waals surface area contributed by atoms with Gasteiger partial charge in [0.2, 0.25) is 5.91 Å². The van der Waals surface area contributed by atoms with E-state index >= 15 is 0 Å². The number of nitrogens with zero attached hydrogens (tertiary/aromatic N) is 1. The maximum Gasteiger partial charge on any atom is 0.222 e. The SMILES string of the molecule is O=C(c1ccc2c(c1)OCCO2)C1CCN(C(=O)CCC2CCCO2)CC1. The number of benzene rings is 1. The quantitative estimate of drug-likeness (QED) is 0.743. The molecule has 146 valence electrons. The molecule has 0 bridgehead atoms. The molecular formula is C21H27NO5. The first kappa shape index (κ1) is 18.3. The maximum absolute atomic E-state index is 12.8. The van der Waals surface area contributed by atoms with Gasteiger partial charge in [0.15, 0.2) is 17.3 Å². The van der Waals surface area contributed by atoms with Crippen molar-refractivity contribution in [3.05, 3.63) is 23.8 Å². The minimum absolute atomic E-state index is 0.0326. The zero-order valence-corrected chi connectivity index (χ0v) is 15.7. The molecule has 3 aliphatic heterocycles. The van der Waals surface area contributed by atoms with Gasteiger partial charge in [0.05, 0.1) is 6.10 Å². The predicted molar refractivity (Wildman–Crippen MR) is 99.3 cm³/mol. The Labute approximate surface area is 159 Å². The number of Topliss-reactive ketones (excluding diaryl/α,β-unsaturated/α-hetero) is 1. The number of hydrogen-bond donors (Lipinski definition) is 0. The van der Waals surface area contributed by atoms with Gasteiger partial charge in [-0.15, -0.1) is 0 Å². The fraction of sp³-hybridized carbons (Fsp3) is 0.619. The van der Waals surface area contributed by atoms with Gasteiger partial charge < -0.3 is 19.1 Å². The summed E-state index contributed by atoms with van der Waals surface area (Å²) in [7, 11) is 0. The molecule has 1 amide bonds. The van der Waals surface area contributed by atoms with Crippen LogP contribution in [-0.4, -0.2) is 55.6 Å². The van der Waals surface area contributed by atoms with Crippen molar-refractivity contribution in [3.8, 4) is 11.5 Å². The van der Waals surface area contributed by atoms with Crippen LogP contribution in [0.2, 0.25) is 0 Å². The van der Waals surface area contributed by atoms with E-state index in [1.807, 2.05) is 17.0 Å². The van der Waals surface area contributed by atoms with Crippen LogP contribution in [0.25, 0.3) is 0 Å². The van der Waals surface area contributed by atoms with Gasteiger partial charge in [0.25, 0.3) is 0 Å². The number of carbonyl (C=O) groups is 2. The number of ketones is 1. The second-order valence-electron chi connectivity index (χ2n) is 7.55. The average molecular weight is 373 g/mol. The van der Waals surface area contributed by atoms with E-state index in [4.69, 9.17) is 14.2 Å². The lowest BCUT2D eigenvalue weighted by Gasteiger charge is -2.31. The maximum atomic E-state index is 12.8. The molecule has 2 fully saturated rings. The first-order valence-corrected chi connectivity index (χ1v) is 10.0. The molecule has 3 aliphatic rings. The van der Waals surface area contributed by atoms with Crippen molar-refractivity contribution >= 4 is 11.7 Å². The summed E-state index contributed by atoms with van der Waals surface area (Å²) in [4.78, 5) is 27.2. The zero-order valence-electron chi connectivity index (χ0n) is 15.7. The highest BCUT2D eigenvalue weighted by Gasteiger charge is 2.29. The van der Waals surface area contributed by atoms with Gasteiger partial charge in [-0.1, -0.05) is 0 Å². The predicted octanol–water partition coefficient (Wildman–Crippen LogP) is 2.84. The highest BCUT2D eigenvalue weighted by molar-refractivity contribution is 5.98. The Balaban J connectivity index is 1.28. The molecule has 1 unspecified atom stereocenters. The lowest BCUT2D eigenvalue weighted by atomic mass is 9.88. The summed E-state index contributed by atoms with van der Waals surface area (Å²) in [5.74, 6) is 1.64. The minimum Gasteiger partial charge on any atom is -0.486 e. The molecule has 1 aromatic rings. The Hall–Kier alpha value is -2.08. The minimum atomic E-state index is -0.0326. The fourth-order valence-electron chi connectivity index (χ4n) is 4.14. The molecule has 0 saturated carbocycles. The van der Waals surface area contributed by atoms with Crippen LogP contribution < -0.4 is 9.47 Å². The van der Waals surface area contributed by atoms with Crippen molar-refractivity contribution in [2.45, 2.75) is 44.6 Å². The normalized spacial score (nSPS) is 22.7. The Kier molecular flexibility index (Phi) is 5.62. The van der Waals surface area contributed by atoms with Crippen molar-refractivity contribution in [2.24, 2.45) is 5.92 Å². The third kappa shape index (κ3) is 4.26. The van der Waals surface area contributed by atoms with E-state index in [2.05, 4.69) is 0 Å². The number of hydrogen-bond acceptors (Lipinski definition) is 5. The van der Waals surface area contributed by atoms with E-state index in [0.29, 0.717) is 49.8 Å². The van der Waals surface area contributed by atoms with Gasteiger partial charge in [-0.2, -0.15) is 0 Å². The molecule has 0 N–H and O–H groups in total. The van der Waals surface area contributed by atoms with Crippen LogP contribution in [-0.2, 0) is 9.53 Å². The van der Waals surface area contributed by atoms with Crippen LogP contribution in [0.4, 0.5) is 0 Å². The summed E-state index contributed by atoms with van der Waals surface area (Å²) in [6.45, 7) is 3.19. The number of carbonyl (C=O) groups excluding carboxylic acids is 2. The van der Waals surface area contributed by atoms with Crippen molar-refractivity contribution < 1.29 is 23.8 Å². The average Bonchev–Trinajstić information content (AvgIpc) is 3.25. The van der Waals surface area contributed by atoms with Crippen molar-refractivity contribution in [3.63, 3.8) is 0 Å². The van der Waals surface area contributed by atoms with Crippen LogP contribution >= 0.6 is 0 Å². The second kappa shape index (κ2) is 8.30. The van der Waals surface area contributed by atoms with Gasteiger partial charge in [0, 0.05) is 37.6 Å². The monoisotopic (exact) mass is 373 g/mol. The van der Waals surface area contributed by atoms with E-state index < -0.39 is 0 Å². The number of rotatable bonds is 5. The number of ether oxygens (including phenoxy) is 3. The molecule has 1 atom stereocenters. The Morgan fingerprint density at radius 1 is 1.00 bits per heavy atom. The molecule has 0 spiro atoms. The van der Waals surface area contributed by atoms with Gasteiger partial charge in [-0.3, -0.25) is 9.59 Å². The highest BCUT2D eigenvalue weighted by Crippen LogP contribution is 2.32. The van der Waals surface area contributed by atoms with E-state index in [9.17, 15) is 9.59 Å². The van der Waals surface area contributed by atoms with Gasteiger partial charge in [-0.25, -0.2) is 0 Å². The van der Waals surface area contributed by atoms with Crippen molar-refractivity contribution in [2.75, 3.05) is 32.9 Å². The number of amides is 1. The molecule has 0 aromatic heterocycles. The van der Waals surface area contributed by atoms with Gasteiger partial charge >= 0.3 is 0 Å². The van der Waals surface area contributed by atoms with E-state index in [0.717, 1.165) is 38.7 Å². The molecule has 0 radical (unpaired) electrons. The van der Waals surface area contributed by atoms with Crippen LogP contribution in [0.3, 0.4) is 0 Å². The Bertz CT molecular complexity index is 690. The standard InChI is InChI=1S/C21H27NO5/c23-20(6-4-17-2-1-11-25-17)22-9-7-15(8-10-22)21(24)16-3-5-18-19(14-16)27-13-12-26-18/h3,5,14-15,17H,1-2,4,6-13H2. The lowest BCUT2D eigenvalue weighted by molar-refractivity contribution is -0.133. The molecule has 4 rings (SSSR count). The molecular weight excluding hydrogens is 346 g/mol.